The quantitative estimate of drug-likeness (QED) is 0.651. The summed E-state index contributed by atoms with van der Waals surface area (Å²) in [4.78, 5) is 13.8. The van der Waals surface area contributed by atoms with Crippen molar-refractivity contribution in [3.8, 4) is 0 Å². The van der Waals surface area contributed by atoms with E-state index in [-0.39, 0.29) is 0 Å². The number of nitrogens with zero attached hydrogens (tertiary/aromatic N) is 1. The number of hydrogen-bond donors (Lipinski definition) is 2. The average Bonchev–Trinajstić information content (AvgIpc) is 2.51. The van der Waals surface area contributed by atoms with Gasteiger partial charge in [0.1, 0.15) is 6.04 Å². The van der Waals surface area contributed by atoms with E-state index in [9.17, 15) is 9.90 Å². The molecule has 0 radical (unpaired) electrons. The molecule has 0 aliphatic rings. The fraction of sp³-hybridized carbons (Fsp3) is 0.588. The van der Waals surface area contributed by atoms with Gasteiger partial charge in [0.05, 0.1) is 0 Å². The number of carboxylic acids is 1. The second-order valence-corrected chi connectivity index (χ2v) is 5.20. The maximum Gasteiger partial charge on any atom is 0.325 e. The highest BCUT2D eigenvalue weighted by atomic mass is 16.4. The van der Waals surface area contributed by atoms with E-state index in [1.807, 2.05) is 24.3 Å². The molecule has 0 aliphatic carbocycles. The van der Waals surface area contributed by atoms with Crippen molar-refractivity contribution in [1.82, 2.24) is 10.2 Å². The molecule has 21 heavy (non-hydrogen) atoms. The first-order valence-corrected chi connectivity index (χ1v) is 7.89. The first kappa shape index (κ1) is 17.7. The van der Waals surface area contributed by atoms with E-state index in [2.05, 4.69) is 31.0 Å². The largest absolute Gasteiger partial charge is 0.480 e. The molecule has 0 amide bonds. The van der Waals surface area contributed by atoms with Gasteiger partial charge in [0, 0.05) is 0 Å². The molecule has 0 fully saturated rings. The van der Waals surface area contributed by atoms with Crippen molar-refractivity contribution in [2.45, 2.75) is 39.7 Å². The molecular weight excluding hydrogens is 264 g/mol. The molecule has 0 saturated heterocycles. The lowest BCUT2D eigenvalue weighted by molar-refractivity contribution is -0.139. The summed E-state index contributed by atoms with van der Waals surface area (Å²) < 4.78 is 0. The number of hydrogen-bond acceptors (Lipinski definition) is 3. The van der Waals surface area contributed by atoms with Crippen LogP contribution in [0.25, 0.3) is 0 Å². The molecule has 1 aromatic rings. The molecule has 1 aromatic carbocycles. The zero-order chi connectivity index (χ0) is 15.7. The van der Waals surface area contributed by atoms with Crippen molar-refractivity contribution in [1.29, 1.82) is 0 Å². The Labute approximate surface area is 128 Å². The van der Waals surface area contributed by atoms with Gasteiger partial charge >= 0.3 is 5.97 Å². The third-order valence-corrected chi connectivity index (χ3v) is 3.86. The Hall–Kier alpha value is -1.39. The Morgan fingerprint density at radius 1 is 1.19 bits per heavy atom. The molecule has 0 aromatic heterocycles. The molecule has 1 rings (SSSR count). The van der Waals surface area contributed by atoms with Crippen LogP contribution in [0.5, 0.6) is 0 Å². The van der Waals surface area contributed by atoms with Gasteiger partial charge in [0.2, 0.25) is 0 Å². The lowest BCUT2D eigenvalue weighted by atomic mass is 10.0. The Balaban J connectivity index is 2.52. The number of nitrogens with one attached hydrogen (secondary N) is 1. The Morgan fingerprint density at radius 2 is 1.81 bits per heavy atom. The highest BCUT2D eigenvalue weighted by Gasteiger charge is 2.18. The predicted octanol–water partition coefficient (Wildman–Crippen LogP) is 2.70. The van der Waals surface area contributed by atoms with E-state index in [1.165, 1.54) is 5.56 Å². The fourth-order valence-electron chi connectivity index (χ4n) is 2.38. The maximum absolute atomic E-state index is 11.4. The van der Waals surface area contributed by atoms with Crippen molar-refractivity contribution in [3.05, 3.63) is 35.4 Å². The SMILES string of the molecule is CCc1ccc(C(NCCCN(CC)CC)C(=O)O)cc1. The number of rotatable bonds is 10. The van der Waals surface area contributed by atoms with Crippen molar-refractivity contribution in [2.75, 3.05) is 26.2 Å². The summed E-state index contributed by atoms with van der Waals surface area (Å²) in [6.45, 7) is 10.2. The third kappa shape index (κ3) is 5.86. The van der Waals surface area contributed by atoms with Crippen LogP contribution in [-0.2, 0) is 11.2 Å². The van der Waals surface area contributed by atoms with Gasteiger partial charge in [-0.3, -0.25) is 4.79 Å². The lowest BCUT2D eigenvalue weighted by Crippen LogP contribution is -2.32. The summed E-state index contributed by atoms with van der Waals surface area (Å²) in [5, 5.41) is 12.5. The van der Waals surface area contributed by atoms with Crippen LogP contribution < -0.4 is 5.32 Å². The molecule has 0 spiro atoms. The van der Waals surface area contributed by atoms with Crippen LogP contribution in [0.2, 0.25) is 0 Å². The van der Waals surface area contributed by atoms with Crippen molar-refractivity contribution < 1.29 is 9.90 Å². The normalized spacial score (nSPS) is 12.6. The van der Waals surface area contributed by atoms with Gasteiger partial charge in [-0.1, -0.05) is 45.0 Å². The van der Waals surface area contributed by atoms with Crippen LogP contribution in [0.15, 0.2) is 24.3 Å². The predicted molar refractivity (Wildman–Crippen MR) is 86.6 cm³/mol. The zero-order valence-corrected chi connectivity index (χ0v) is 13.4. The smallest absolute Gasteiger partial charge is 0.325 e. The van der Waals surface area contributed by atoms with E-state index >= 15 is 0 Å². The topological polar surface area (TPSA) is 52.6 Å². The summed E-state index contributed by atoms with van der Waals surface area (Å²) in [5.41, 5.74) is 2.05. The summed E-state index contributed by atoms with van der Waals surface area (Å²) in [7, 11) is 0. The van der Waals surface area contributed by atoms with Crippen LogP contribution >= 0.6 is 0 Å². The Kier molecular flexibility index (Phi) is 8.01. The molecule has 0 bridgehead atoms. The number of aliphatic carboxylic acids is 1. The first-order valence-electron chi connectivity index (χ1n) is 7.89. The molecule has 0 saturated carbocycles. The minimum atomic E-state index is -0.818. The lowest BCUT2D eigenvalue weighted by Gasteiger charge is -2.19. The van der Waals surface area contributed by atoms with Gasteiger partial charge in [-0.25, -0.2) is 0 Å². The molecule has 4 nitrogen and oxygen atoms in total. The monoisotopic (exact) mass is 292 g/mol. The summed E-state index contributed by atoms with van der Waals surface area (Å²) in [5.74, 6) is -0.818. The number of carbonyl (C=O) groups is 1. The number of carboxylic acid groups (broad SMARTS) is 1. The maximum atomic E-state index is 11.4. The second kappa shape index (κ2) is 9.53. The fourth-order valence-corrected chi connectivity index (χ4v) is 2.38. The Bertz CT molecular complexity index is 413. The van der Waals surface area contributed by atoms with Crippen molar-refractivity contribution in [3.63, 3.8) is 0 Å². The van der Waals surface area contributed by atoms with Crippen molar-refractivity contribution >= 4 is 5.97 Å². The van der Waals surface area contributed by atoms with Crippen LogP contribution in [0, 0.1) is 0 Å². The van der Waals surface area contributed by atoms with Crippen LogP contribution in [0.1, 0.15) is 44.4 Å². The van der Waals surface area contributed by atoms with E-state index in [4.69, 9.17) is 0 Å². The average molecular weight is 292 g/mol. The van der Waals surface area contributed by atoms with E-state index < -0.39 is 12.0 Å². The first-order chi connectivity index (χ1) is 10.1. The van der Waals surface area contributed by atoms with Gasteiger partial charge < -0.3 is 15.3 Å². The zero-order valence-electron chi connectivity index (χ0n) is 13.4. The molecule has 1 atom stereocenters. The van der Waals surface area contributed by atoms with Gasteiger partial charge in [-0.15, -0.1) is 0 Å². The summed E-state index contributed by atoms with van der Waals surface area (Å²) in [6.07, 6.45) is 1.92. The highest BCUT2D eigenvalue weighted by molar-refractivity contribution is 5.75. The van der Waals surface area contributed by atoms with Gasteiger partial charge in [0.15, 0.2) is 0 Å². The van der Waals surface area contributed by atoms with Crippen LogP contribution in [0.3, 0.4) is 0 Å². The van der Waals surface area contributed by atoms with Crippen LogP contribution in [0.4, 0.5) is 0 Å². The van der Waals surface area contributed by atoms with Gasteiger partial charge in [0.25, 0.3) is 0 Å². The van der Waals surface area contributed by atoms with E-state index in [1.54, 1.807) is 0 Å². The second-order valence-electron chi connectivity index (χ2n) is 5.20. The third-order valence-electron chi connectivity index (χ3n) is 3.86. The Morgan fingerprint density at radius 3 is 2.29 bits per heavy atom. The van der Waals surface area contributed by atoms with Crippen LogP contribution in [-0.4, -0.2) is 42.2 Å². The summed E-state index contributed by atoms with van der Waals surface area (Å²) in [6, 6.07) is 7.21. The molecule has 1 unspecified atom stereocenters. The highest BCUT2D eigenvalue weighted by Crippen LogP contribution is 2.14. The van der Waals surface area contributed by atoms with Gasteiger partial charge in [-0.2, -0.15) is 0 Å². The summed E-state index contributed by atoms with van der Waals surface area (Å²) >= 11 is 0. The minimum Gasteiger partial charge on any atom is -0.480 e. The van der Waals surface area contributed by atoms with Gasteiger partial charge in [-0.05, 0) is 50.1 Å². The molecule has 0 aliphatic heterocycles. The van der Waals surface area contributed by atoms with Crippen molar-refractivity contribution in [2.24, 2.45) is 0 Å². The number of benzene rings is 1. The molecule has 0 heterocycles. The number of aryl methyl sites for hydroxylation is 1. The molecular formula is C17H28N2O2. The molecule has 4 heteroatoms. The molecule has 2 N–H and O–H groups in total. The minimum absolute atomic E-state index is 0.618. The van der Waals surface area contributed by atoms with E-state index in [0.29, 0.717) is 6.54 Å². The molecule has 118 valence electrons. The van der Waals surface area contributed by atoms with E-state index in [0.717, 1.165) is 38.0 Å². The standard InChI is InChI=1S/C17H28N2O2/c1-4-14-8-10-15(11-9-14)16(17(20)21)18-12-7-13-19(5-2)6-3/h8-11,16,18H,4-7,12-13H2,1-3H3,(H,20,21).